The van der Waals surface area contributed by atoms with E-state index in [0.717, 1.165) is 31.5 Å². The summed E-state index contributed by atoms with van der Waals surface area (Å²) < 4.78 is 13.0. The number of hydrogen-bond acceptors (Lipinski definition) is 4. The predicted molar refractivity (Wildman–Crippen MR) is 94.9 cm³/mol. The van der Waals surface area contributed by atoms with Crippen LogP contribution in [0.5, 0.6) is 0 Å². The molecular formula is C19H23FN4O. The summed E-state index contributed by atoms with van der Waals surface area (Å²) in [4.78, 5) is 23.3. The van der Waals surface area contributed by atoms with Crippen molar-refractivity contribution in [1.29, 1.82) is 0 Å². The van der Waals surface area contributed by atoms with Crippen molar-refractivity contribution in [3.05, 3.63) is 53.2 Å². The summed E-state index contributed by atoms with van der Waals surface area (Å²) >= 11 is 0. The molecule has 0 atom stereocenters. The number of nitrogens with one attached hydrogen (secondary N) is 1. The molecule has 1 aliphatic heterocycles. The van der Waals surface area contributed by atoms with Crippen LogP contribution in [0.1, 0.15) is 47.6 Å². The number of halogens is 1. The molecule has 2 aromatic rings. The van der Waals surface area contributed by atoms with Gasteiger partial charge in [-0.3, -0.25) is 4.79 Å². The van der Waals surface area contributed by atoms with Gasteiger partial charge in [-0.15, -0.1) is 0 Å². The number of carbonyl (C=O) groups is 1. The van der Waals surface area contributed by atoms with E-state index in [9.17, 15) is 9.18 Å². The van der Waals surface area contributed by atoms with Crippen molar-refractivity contribution in [1.82, 2.24) is 14.9 Å². The van der Waals surface area contributed by atoms with Crippen molar-refractivity contribution >= 4 is 11.7 Å². The monoisotopic (exact) mass is 342 g/mol. The fourth-order valence-corrected chi connectivity index (χ4v) is 3.00. The lowest BCUT2D eigenvalue weighted by Gasteiger charge is -2.20. The molecule has 0 aliphatic carbocycles. The Hall–Kier alpha value is -2.50. The maximum atomic E-state index is 13.0. The zero-order valence-electron chi connectivity index (χ0n) is 14.5. The molecule has 1 aromatic carbocycles. The second-order valence-corrected chi connectivity index (χ2v) is 6.37. The molecule has 0 bridgehead atoms. The number of carbonyl (C=O) groups excluding carboxylic acids is 1. The molecule has 0 saturated carbocycles. The first-order chi connectivity index (χ1) is 12.1. The number of amides is 1. The molecule has 1 saturated heterocycles. The standard InChI is InChI=1S/C19H23FN4O/c1-14-22-17(19(25)24-10-4-2-3-5-11-24)12-18(23-14)21-13-15-6-8-16(20)9-7-15/h6-9,12H,2-5,10-11,13H2,1H3,(H,21,22,23). The molecule has 25 heavy (non-hydrogen) atoms. The fourth-order valence-electron chi connectivity index (χ4n) is 3.00. The first kappa shape index (κ1) is 17.3. The quantitative estimate of drug-likeness (QED) is 0.923. The van der Waals surface area contributed by atoms with E-state index in [1.165, 1.54) is 25.0 Å². The van der Waals surface area contributed by atoms with Crippen molar-refractivity contribution in [3.63, 3.8) is 0 Å². The minimum Gasteiger partial charge on any atom is -0.366 e. The van der Waals surface area contributed by atoms with Gasteiger partial charge in [0, 0.05) is 25.7 Å². The lowest BCUT2D eigenvalue weighted by molar-refractivity contribution is 0.0755. The van der Waals surface area contributed by atoms with E-state index in [0.29, 0.717) is 23.9 Å². The number of rotatable bonds is 4. The Balaban J connectivity index is 1.71. The topological polar surface area (TPSA) is 58.1 Å². The largest absolute Gasteiger partial charge is 0.366 e. The van der Waals surface area contributed by atoms with Crippen LogP contribution in [0.4, 0.5) is 10.2 Å². The number of hydrogen-bond donors (Lipinski definition) is 1. The highest BCUT2D eigenvalue weighted by Crippen LogP contribution is 2.15. The van der Waals surface area contributed by atoms with Crippen molar-refractivity contribution < 1.29 is 9.18 Å². The zero-order chi connectivity index (χ0) is 17.6. The van der Waals surface area contributed by atoms with Crippen molar-refractivity contribution in [2.75, 3.05) is 18.4 Å². The Morgan fingerprint density at radius 1 is 1.12 bits per heavy atom. The number of aromatic nitrogens is 2. The van der Waals surface area contributed by atoms with Crippen LogP contribution in [0.3, 0.4) is 0 Å². The van der Waals surface area contributed by atoms with Crippen LogP contribution in [-0.4, -0.2) is 33.9 Å². The van der Waals surface area contributed by atoms with Gasteiger partial charge in [-0.05, 0) is 37.5 Å². The van der Waals surface area contributed by atoms with E-state index in [1.54, 1.807) is 25.1 Å². The molecular weight excluding hydrogens is 319 g/mol. The Labute approximate surface area is 147 Å². The molecule has 5 nitrogen and oxygen atoms in total. The average Bonchev–Trinajstić information content (AvgIpc) is 2.89. The normalized spacial score (nSPS) is 14.9. The van der Waals surface area contributed by atoms with Gasteiger partial charge in [-0.25, -0.2) is 14.4 Å². The summed E-state index contributed by atoms with van der Waals surface area (Å²) in [5.41, 5.74) is 1.37. The van der Waals surface area contributed by atoms with Crippen LogP contribution in [0.2, 0.25) is 0 Å². The third kappa shape index (κ3) is 4.75. The Morgan fingerprint density at radius 3 is 2.48 bits per heavy atom. The Morgan fingerprint density at radius 2 is 1.80 bits per heavy atom. The molecule has 0 radical (unpaired) electrons. The highest BCUT2D eigenvalue weighted by atomic mass is 19.1. The zero-order valence-corrected chi connectivity index (χ0v) is 14.5. The Kier molecular flexibility index (Phi) is 5.58. The molecule has 1 aliphatic rings. The third-order valence-electron chi connectivity index (χ3n) is 4.34. The first-order valence-corrected chi connectivity index (χ1v) is 8.75. The van der Waals surface area contributed by atoms with Crippen molar-refractivity contribution in [2.45, 2.75) is 39.2 Å². The minimum absolute atomic E-state index is 0.0303. The maximum Gasteiger partial charge on any atom is 0.272 e. The summed E-state index contributed by atoms with van der Waals surface area (Å²) in [7, 11) is 0. The second kappa shape index (κ2) is 8.05. The highest BCUT2D eigenvalue weighted by molar-refractivity contribution is 5.93. The summed E-state index contributed by atoms with van der Waals surface area (Å²) in [6.07, 6.45) is 4.45. The van der Waals surface area contributed by atoms with E-state index in [1.807, 2.05) is 4.90 Å². The summed E-state index contributed by atoms with van der Waals surface area (Å²) in [5, 5.41) is 3.19. The van der Waals surface area contributed by atoms with Gasteiger partial charge >= 0.3 is 0 Å². The molecule has 1 amide bonds. The van der Waals surface area contributed by atoms with Gasteiger partial charge < -0.3 is 10.2 Å². The highest BCUT2D eigenvalue weighted by Gasteiger charge is 2.19. The van der Waals surface area contributed by atoms with Crippen LogP contribution in [-0.2, 0) is 6.54 Å². The van der Waals surface area contributed by atoms with Crippen LogP contribution in [0.25, 0.3) is 0 Å². The van der Waals surface area contributed by atoms with Crippen LogP contribution < -0.4 is 5.32 Å². The lowest BCUT2D eigenvalue weighted by Crippen LogP contribution is -2.32. The lowest BCUT2D eigenvalue weighted by atomic mass is 10.2. The Bertz CT molecular complexity index is 725. The smallest absolute Gasteiger partial charge is 0.272 e. The number of nitrogens with zero attached hydrogens (tertiary/aromatic N) is 3. The fraction of sp³-hybridized carbons (Fsp3) is 0.421. The first-order valence-electron chi connectivity index (χ1n) is 8.75. The summed E-state index contributed by atoms with van der Waals surface area (Å²) in [6, 6.07) is 8.00. The van der Waals surface area contributed by atoms with Gasteiger partial charge in [-0.1, -0.05) is 25.0 Å². The van der Waals surface area contributed by atoms with Gasteiger partial charge in [0.15, 0.2) is 0 Å². The van der Waals surface area contributed by atoms with Gasteiger partial charge in [0.1, 0.15) is 23.2 Å². The van der Waals surface area contributed by atoms with Gasteiger partial charge in [0.05, 0.1) is 0 Å². The molecule has 1 aromatic heterocycles. The molecule has 0 spiro atoms. The van der Waals surface area contributed by atoms with Crippen molar-refractivity contribution in [2.24, 2.45) is 0 Å². The van der Waals surface area contributed by atoms with Gasteiger partial charge in [0.25, 0.3) is 5.91 Å². The van der Waals surface area contributed by atoms with E-state index >= 15 is 0 Å². The van der Waals surface area contributed by atoms with Gasteiger partial charge in [-0.2, -0.15) is 0 Å². The third-order valence-corrected chi connectivity index (χ3v) is 4.34. The minimum atomic E-state index is -0.257. The van der Waals surface area contributed by atoms with Crippen LogP contribution >= 0.6 is 0 Å². The number of likely N-dealkylation sites (tertiary alicyclic amines) is 1. The van der Waals surface area contributed by atoms with Crippen LogP contribution in [0.15, 0.2) is 30.3 Å². The molecule has 0 unspecified atom stereocenters. The molecule has 6 heteroatoms. The van der Waals surface area contributed by atoms with E-state index in [-0.39, 0.29) is 11.7 Å². The number of anilines is 1. The summed E-state index contributed by atoms with van der Waals surface area (Å²) in [5.74, 6) is 0.876. The SMILES string of the molecule is Cc1nc(NCc2ccc(F)cc2)cc(C(=O)N2CCCCCC2)n1. The maximum absolute atomic E-state index is 13.0. The number of benzene rings is 1. The average molecular weight is 342 g/mol. The summed E-state index contributed by atoms with van der Waals surface area (Å²) in [6.45, 7) is 3.87. The van der Waals surface area contributed by atoms with E-state index in [4.69, 9.17) is 0 Å². The van der Waals surface area contributed by atoms with E-state index in [2.05, 4.69) is 15.3 Å². The van der Waals surface area contributed by atoms with Crippen LogP contribution in [0, 0.1) is 12.7 Å². The molecule has 1 N–H and O–H groups in total. The number of aryl methyl sites for hydroxylation is 1. The molecule has 132 valence electrons. The van der Waals surface area contributed by atoms with E-state index < -0.39 is 0 Å². The molecule has 2 heterocycles. The molecule has 3 rings (SSSR count). The second-order valence-electron chi connectivity index (χ2n) is 6.37. The van der Waals surface area contributed by atoms with Gasteiger partial charge in [0.2, 0.25) is 0 Å². The predicted octanol–water partition coefficient (Wildman–Crippen LogP) is 3.55. The van der Waals surface area contributed by atoms with Crippen molar-refractivity contribution in [3.8, 4) is 0 Å². The molecule has 1 fully saturated rings.